The van der Waals surface area contributed by atoms with Crippen LogP contribution in [0.1, 0.15) is 13.3 Å². The van der Waals surface area contributed by atoms with E-state index >= 15 is 0 Å². The fourth-order valence-electron chi connectivity index (χ4n) is 2.03. The molecule has 0 bridgehead atoms. The van der Waals surface area contributed by atoms with Gasteiger partial charge in [0.1, 0.15) is 0 Å². The van der Waals surface area contributed by atoms with Gasteiger partial charge < -0.3 is 19.5 Å². The average Bonchev–Trinajstić information content (AvgIpc) is 2.29. The summed E-state index contributed by atoms with van der Waals surface area (Å²) in [5, 5.41) is 3.32. The van der Waals surface area contributed by atoms with Crippen LogP contribution in [-0.2, 0) is 14.2 Å². The topological polar surface area (TPSA) is 39.7 Å². The van der Waals surface area contributed by atoms with Gasteiger partial charge in [0.15, 0.2) is 0 Å². The Morgan fingerprint density at radius 3 is 2.80 bits per heavy atom. The van der Waals surface area contributed by atoms with Crippen molar-refractivity contribution in [2.24, 2.45) is 5.92 Å². The Morgan fingerprint density at radius 2 is 2.27 bits per heavy atom. The third-order valence-corrected chi connectivity index (χ3v) is 2.97. The Hall–Kier alpha value is -0.160. The summed E-state index contributed by atoms with van der Waals surface area (Å²) in [5.41, 5.74) is 0. The highest BCUT2D eigenvalue weighted by Gasteiger charge is 2.28. The van der Waals surface area contributed by atoms with Crippen LogP contribution >= 0.6 is 0 Å². The fourth-order valence-corrected chi connectivity index (χ4v) is 2.03. The largest absolute Gasteiger partial charge is 0.385 e. The first kappa shape index (κ1) is 12.9. The van der Waals surface area contributed by atoms with Crippen molar-refractivity contribution in [1.82, 2.24) is 5.32 Å². The van der Waals surface area contributed by atoms with Gasteiger partial charge in [-0.15, -0.1) is 0 Å². The van der Waals surface area contributed by atoms with Gasteiger partial charge in [0, 0.05) is 19.8 Å². The quantitative estimate of drug-likeness (QED) is 0.709. The zero-order valence-electron chi connectivity index (χ0n) is 9.99. The summed E-state index contributed by atoms with van der Waals surface area (Å²) in [6, 6.07) is 0.348. The van der Waals surface area contributed by atoms with E-state index in [2.05, 4.69) is 12.2 Å². The van der Waals surface area contributed by atoms with Crippen molar-refractivity contribution < 1.29 is 14.2 Å². The molecule has 1 fully saturated rings. The predicted octanol–water partition coefficient (Wildman–Crippen LogP) is 0.662. The fraction of sp³-hybridized carbons (Fsp3) is 1.00. The minimum atomic E-state index is 0.176. The molecule has 1 N–H and O–H groups in total. The minimum Gasteiger partial charge on any atom is -0.385 e. The second-order valence-corrected chi connectivity index (χ2v) is 4.06. The lowest BCUT2D eigenvalue weighted by molar-refractivity contribution is -0.108. The number of likely N-dealkylation sites (N-methyl/N-ethyl adjacent to an activating group) is 1. The summed E-state index contributed by atoms with van der Waals surface area (Å²) >= 11 is 0. The number of rotatable bonds is 6. The van der Waals surface area contributed by atoms with Crippen molar-refractivity contribution in [2.45, 2.75) is 25.5 Å². The second kappa shape index (κ2) is 7.17. The molecule has 4 nitrogen and oxygen atoms in total. The van der Waals surface area contributed by atoms with Crippen LogP contribution < -0.4 is 5.32 Å². The molecule has 0 radical (unpaired) electrons. The van der Waals surface area contributed by atoms with Crippen LogP contribution in [0.25, 0.3) is 0 Å². The van der Waals surface area contributed by atoms with Crippen molar-refractivity contribution in [2.75, 3.05) is 40.6 Å². The molecule has 0 saturated carbocycles. The van der Waals surface area contributed by atoms with Crippen molar-refractivity contribution in [3.63, 3.8) is 0 Å². The molecule has 1 aliphatic heterocycles. The highest BCUT2D eigenvalue weighted by molar-refractivity contribution is 4.82. The smallest absolute Gasteiger partial charge is 0.0964 e. The summed E-state index contributed by atoms with van der Waals surface area (Å²) in [6.07, 6.45) is 1.22. The van der Waals surface area contributed by atoms with Crippen LogP contribution in [0.15, 0.2) is 0 Å². The molecule has 0 aromatic heterocycles. The maximum absolute atomic E-state index is 5.70. The van der Waals surface area contributed by atoms with Gasteiger partial charge in [-0.2, -0.15) is 0 Å². The number of methoxy groups -OCH3 is 1. The number of hydrogen-bond acceptors (Lipinski definition) is 4. The van der Waals surface area contributed by atoms with Crippen molar-refractivity contribution in [3.8, 4) is 0 Å². The third-order valence-electron chi connectivity index (χ3n) is 2.97. The van der Waals surface area contributed by atoms with Gasteiger partial charge in [0.25, 0.3) is 0 Å². The van der Waals surface area contributed by atoms with Crippen LogP contribution in [0.4, 0.5) is 0 Å². The van der Waals surface area contributed by atoms with Gasteiger partial charge in [0.2, 0.25) is 0 Å². The zero-order chi connectivity index (χ0) is 11.1. The van der Waals surface area contributed by atoms with Crippen molar-refractivity contribution in [3.05, 3.63) is 0 Å². The van der Waals surface area contributed by atoms with E-state index in [1.165, 1.54) is 0 Å². The Balaban J connectivity index is 2.37. The van der Waals surface area contributed by atoms with E-state index in [9.17, 15) is 0 Å². The second-order valence-electron chi connectivity index (χ2n) is 4.06. The number of ether oxygens (including phenoxy) is 3. The first-order valence-corrected chi connectivity index (χ1v) is 5.65. The van der Waals surface area contributed by atoms with Gasteiger partial charge in [-0.05, 0) is 19.4 Å². The molecule has 4 heteroatoms. The predicted molar refractivity (Wildman–Crippen MR) is 59.1 cm³/mol. The minimum absolute atomic E-state index is 0.176. The van der Waals surface area contributed by atoms with Crippen LogP contribution in [0.3, 0.4) is 0 Å². The summed E-state index contributed by atoms with van der Waals surface area (Å²) < 4.78 is 16.2. The van der Waals surface area contributed by atoms with Crippen molar-refractivity contribution >= 4 is 0 Å². The molecule has 0 spiro atoms. The van der Waals surface area contributed by atoms with E-state index in [0.717, 1.165) is 19.6 Å². The summed E-state index contributed by atoms with van der Waals surface area (Å²) in [4.78, 5) is 0. The molecule has 1 aliphatic rings. The summed E-state index contributed by atoms with van der Waals surface area (Å²) in [6.45, 7) is 5.15. The first-order valence-electron chi connectivity index (χ1n) is 5.65. The van der Waals surface area contributed by atoms with Crippen LogP contribution in [0, 0.1) is 5.92 Å². The van der Waals surface area contributed by atoms with E-state index in [4.69, 9.17) is 14.2 Å². The van der Waals surface area contributed by atoms with E-state index in [1.54, 1.807) is 7.11 Å². The molecule has 3 atom stereocenters. The molecule has 3 unspecified atom stereocenters. The van der Waals surface area contributed by atoms with Crippen LogP contribution in [-0.4, -0.2) is 52.7 Å². The number of nitrogens with one attached hydrogen (secondary N) is 1. The first-order chi connectivity index (χ1) is 7.29. The SMILES string of the molecule is CNC(C(C)CCOC)C1COCCO1. The molecular formula is C11H23NO3. The molecule has 0 aliphatic carbocycles. The Bertz CT molecular complexity index is 160. The van der Waals surface area contributed by atoms with Gasteiger partial charge in [-0.3, -0.25) is 0 Å². The van der Waals surface area contributed by atoms with Crippen molar-refractivity contribution in [1.29, 1.82) is 0 Å². The highest BCUT2D eigenvalue weighted by atomic mass is 16.6. The Kier molecular flexibility index (Phi) is 6.17. The summed E-state index contributed by atoms with van der Waals surface area (Å²) in [5.74, 6) is 0.529. The number of hydrogen-bond donors (Lipinski definition) is 1. The lowest BCUT2D eigenvalue weighted by atomic mass is 9.94. The Labute approximate surface area is 92.3 Å². The molecule has 1 rings (SSSR count). The maximum atomic E-state index is 5.70. The van der Waals surface area contributed by atoms with Gasteiger partial charge in [0.05, 0.1) is 25.9 Å². The van der Waals surface area contributed by atoms with E-state index in [1.807, 2.05) is 7.05 Å². The molecule has 90 valence electrons. The van der Waals surface area contributed by atoms with Crippen LogP contribution in [0.5, 0.6) is 0 Å². The average molecular weight is 217 g/mol. The van der Waals surface area contributed by atoms with Gasteiger partial charge >= 0.3 is 0 Å². The molecular weight excluding hydrogens is 194 g/mol. The molecule has 0 aromatic carbocycles. The third kappa shape index (κ3) is 4.07. The highest BCUT2D eigenvalue weighted by Crippen LogP contribution is 2.16. The monoisotopic (exact) mass is 217 g/mol. The normalized spacial score (nSPS) is 26.2. The molecule has 0 aromatic rings. The molecule has 0 amide bonds. The standard InChI is InChI=1S/C11H23NO3/c1-9(4-5-13-3)11(12-2)10-8-14-6-7-15-10/h9-12H,4-8H2,1-3H3. The zero-order valence-corrected chi connectivity index (χ0v) is 9.99. The van der Waals surface area contributed by atoms with E-state index in [0.29, 0.717) is 25.2 Å². The summed E-state index contributed by atoms with van der Waals surface area (Å²) in [7, 11) is 3.72. The van der Waals surface area contributed by atoms with E-state index < -0.39 is 0 Å². The lowest BCUT2D eigenvalue weighted by Crippen LogP contribution is -2.49. The van der Waals surface area contributed by atoms with Crippen LogP contribution in [0.2, 0.25) is 0 Å². The van der Waals surface area contributed by atoms with Gasteiger partial charge in [-0.25, -0.2) is 0 Å². The maximum Gasteiger partial charge on any atom is 0.0964 e. The van der Waals surface area contributed by atoms with Gasteiger partial charge in [-0.1, -0.05) is 6.92 Å². The molecule has 15 heavy (non-hydrogen) atoms. The molecule has 1 heterocycles. The Morgan fingerprint density at radius 1 is 1.47 bits per heavy atom. The van der Waals surface area contributed by atoms with E-state index in [-0.39, 0.29) is 6.10 Å². The molecule has 1 saturated heterocycles. The lowest BCUT2D eigenvalue weighted by Gasteiger charge is -2.33.